The zero-order chi connectivity index (χ0) is 20.8. The van der Waals surface area contributed by atoms with Crippen molar-refractivity contribution in [2.24, 2.45) is 7.05 Å². The predicted octanol–water partition coefficient (Wildman–Crippen LogP) is 3.47. The number of nitrogens with one attached hydrogen (secondary N) is 1. The van der Waals surface area contributed by atoms with Gasteiger partial charge in [-0.25, -0.2) is 13.8 Å². The lowest BCUT2D eigenvalue weighted by molar-refractivity contribution is 0.365. The van der Waals surface area contributed by atoms with Crippen molar-refractivity contribution in [3.05, 3.63) is 60.6 Å². The summed E-state index contributed by atoms with van der Waals surface area (Å²) in [5.41, 5.74) is 3.53. The molecule has 5 rings (SSSR count). The molecule has 30 heavy (non-hydrogen) atoms. The number of nitrogens with zero attached hydrogens (tertiary/aromatic N) is 6. The molecule has 0 bridgehead atoms. The minimum atomic E-state index is -0.670. The maximum absolute atomic E-state index is 14.3. The Bertz CT molecular complexity index is 1390. The van der Waals surface area contributed by atoms with Crippen LogP contribution in [-0.2, 0) is 7.05 Å². The number of aromatic nitrogens is 7. The molecule has 0 radical (unpaired) electrons. The SMILES string of the molecule is COc1nnc(-c2cnc3ccc(-c4cn[nH]c4-c4ccc(F)cc4F)cn23)n1C. The molecular weight excluding hydrogens is 392 g/mol. The number of methoxy groups -OCH3 is 1. The van der Waals surface area contributed by atoms with Crippen molar-refractivity contribution in [2.45, 2.75) is 0 Å². The van der Waals surface area contributed by atoms with E-state index in [0.29, 0.717) is 34.4 Å². The molecular formula is C20H15F2N7O. The van der Waals surface area contributed by atoms with Gasteiger partial charge in [-0.1, -0.05) is 5.10 Å². The second-order valence-corrected chi connectivity index (χ2v) is 6.64. The Balaban J connectivity index is 1.65. The number of pyridine rings is 1. The highest BCUT2D eigenvalue weighted by molar-refractivity contribution is 5.81. The molecule has 4 heterocycles. The molecule has 0 spiro atoms. The Morgan fingerprint density at radius 3 is 2.67 bits per heavy atom. The molecule has 0 saturated heterocycles. The zero-order valence-corrected chi connectivity index (χ0v) is 16.0. The molecule has 4 aromatic heterocycles. The van der Waals surface area contributed by atoms with E-state index in [4.69, 9.17) is 4.74 Å². The van der Waals surface area contributed by atoms with Gasteiger partial charge in [-0.05, 0) is 24.3 Å². The number of H-pyrrole nitrogens is 1. The lowest BCUT2D eigenvalue weighted by atomic mass is 10.0. The lowest BCUT2D eigenvalue weighted by Crippen LogP contribution is -1.99. The van der Waals surface area contributed by atoms with Crippen LogP contribution in [0.4, 0.5) is 8.78 Å². The topological polar surface area (TPSA) is 85.9 Å². The molecule has 0 atom stereocenters. The fraction of sp³-hybridized carbons (Fsp3) is 0.100. The van der Waals surface area contributed by atoms with Crippen LogP contribution in [0, 0.1) is 11.6 Å². The summed E-state index contributed by atoms with van der Waals surface area (Å²) in [7, 11) is 3.32. The third-order valence-corrected chi connectivity index (χ3v) is 4.90. The molecule has 0 aliphatic carbocycles. The van der Waals surface area contributed by atoms with Crippen LogP contribution in [0.1, 0.15) is 0 Å². The molecule has 0 unspecified atom stereocenters. The summed E-state index contributed by atoms with van der Waals surface area (Å²) in [6.07, 6.45) is 5.15. The first-order valence-corrected chi connectivity index (χ1v) is 8.97. The van der Waals surface area contributed by atoms with Crippen LogP contribution in [0.25, 0.3) is 39.5 Å². The Labute approximate surface area is 168 Å². The highest BCUT2D eigenvalue weighted by Crippen LogP contribution is 2.33. The van der Waals surface area contributed by atoms with E-state index in [9.17, 15) is 8.78 Å². The van der Waals surface area contributed by atoms with E-state index in [-0.39, 0.29) is 5.56 Å². The normalized spacial score (nSPS) is 11.3. The van der Waals surface area contributed by atoms with Crippen LogP contribution in [-0.4, -0.2) is 41.5 Å². The van der Waals surface area contributed by atoms with E-state index in [0.717, 1.165) is 11.6 Å². The third kappa shape index (κ3) is 2.72. The van der Waals surface area contributed by atoms with Gasteiger partial charge in [0.1, 0.15) is 23.0 Å². The van der Waals surface area contributed by atoms with Crippen molar-refractivity contribution >= 4 is 5.65 Å². The fourth-order valence-electron chi connectivity index (χ4n) is 3.42. The van der Waals surface area contributed by atoms with Crippen LogP contribution < -0.4 is 4.74 Å². The molecule has 10 heteroatoms. The van der Waals surface area contributed by atoms with Gasteiger partial charge < -0.3 is 4.74 Å². The smallest absolute Gasteiger partial charge is 0.316 e. The molecule has 8 nitrogen and oxygen atoms in total. The maximum Gasteiger partial charge on any atom is 0.316 e. The number of rotatable bonds is 4. The van der Waals surface area contributed by atoms with Crippen LogP contribution in [0.2, 0.25) is 0 Å². The minimum Gasteiger partial charge on any atom is -0.467 e. The van der Waals surface area contributed by atoms with Crippen LogP contribution in [0.5, 0.6) is 6.01 Å². The average Bonchev–Trinajstić information content (AvgIpc) is 3.45. The summed E-state index contributed by atoms with van der Waals surface area (Å²) in [6, 6.07) is 7.51. The summed E-state index contributed by atoms with van der Waals surface area (Å²) < 4.78 is 36.4. The van der Waals surface area contributed by atoms with Crippen LogP contribution in [0.3, 0.4) is 0 Å². The monoisotopic (exact) mass is 407 g/mol. The van der Waals surface area contributed by atoms with Crippen molar-refractivity contribution in [3.63, 3.8) is 0 Å². The van der Waals surface area contributed by atoms with Gasteiger partial charge in [0.25, 0.3) is 0 Å². The van der Waals surface area contributed by atoms with E-state index < -0.39 is 11.6 Å². The largest absolute Gasteiger partial charge is 0.467 e. The van der Waals surface area contributed by atoms with Crippen molar-refractivity contribution in [1.82, 2.24) is 34.3 Å². The zero-order valence-electron chi connectivity index (χ0n) is 16.0. The predicted molar refractivity (Wildman–Crippen MR) is 105 cm³/mol. The minimum absolute atomic E-state index is 0.230. The number of imidazole rings is 1. The van der Waals surface area contributed by atoms with Gasteiger partial charge in [-0.15, -0.1) is 5.10 Å². The lowest BCUT2D eigenvalue weighted by Gasteiger charge is -2.07. The van der Waals surface area contributed by atoms with Gasteiger partial charge in [-0.2, -0.15) is 5.10 Å². The van der Waals surface area contributed by atoms with Gasteiger partial charge in [0.2, 0.25) is 0 Å². The van der Waals surface area contributed by atoms with Crippen molar-refractivity contribution in [1.29, 1.82) is 0 Å². The Kier molecular flexibility index (Phi) is 4.05. The molecule has 0 amide bonds. The quantitative estimate of drug-likeness (QED) is 0.493. The number of hydrogen-bond donors (Lipinski definition) is 1. The summed E-state index contributed by atoms with van der Waals surface area (Å²) in [4.78, 5) is 4.41. The van der Waals surface area contributed by atoms with Crippen molar-refractivity contribution in [2.75, 3.05) is 7.11 Å². The fourth-order valence-corrected chi connectivity index (χ4v) is 3.42. The van der Waals surface area contributed by atoms with Gasteiger partial charge >= 0.3 is 6.01 Å². The Morgan fingerprint density at radius 2 is 1.90 bits per heavy atom. The second-order valence-electron chi connectivity index (χ2n) is 6.64. The second kappa shape index (κ2) is 6.76. The van der Waals surface area contributed by atoms with Gasteiger partial charge in [0, 0.05) is 36.0 Å². The molecule has 150 valence electrons. The molecule has 0 saturated carbocycles. The molecule has 0 fully saturated rings. The number of halogens is 2. The molecule has 5 aromatic rings. The number of benzene rings is 1. The summed E-state index contributed by atoms with van der Waals surface area (Å²) >= 11 is 0. The van der Waals surface area contributed by atoms with E-state index in [1.54, 1.807) is 24.0 Å². The van der Waals surface area contributed by atoms with Gasteiger partial charge in [0.05, 0.1) is 25.2 Å². The van der Waals surface area contributed by atoms with E-state index in [1.807, 2.05) is 22.7 Å². The third-order valence-electron chi connectivity index (χ3n) is 4.90. The maximum atomic E-state index is 14.3. The number of ether oxygens (including phenoxy) is 1. The van der Waals surface area contributed by atoms with Crippen molar-refractivity contribution in [3.8, 4) is 39.9 Å². The average molecular weight is 407 g/mol. The summed E-state index contributed by atoms with van der Waals surface area (Å²) in [5.74, 6) is -0.731. The first-order valence-electron chi connectivity index (χ1n) is 8.97. The highest BCUT2D eigenvalue weighted by atomic mass is 19.1. The number of aromatic amines is 1. The van der Waals surface area contributed by atoms with Crippen LogP contribution >= 0.6 is 0 Å². The highest BCUT2D eigenvalue weighted by Gasteiger charge is 2.18. The number of hydrogen-bond acceptors (Lipinski definition) is 5. The molecule has 1 aromatic carbocycles. The molecule has 0 aliphatic heterocycles. The Hall–Kier alpha value is -4.08. The standard InChI is InChI=1S/C20H15F2N7O/c1-28-19(26-27-20(28)30-2)16-9-23-17-6-3-11(10-29(16)17)14-8-24-25-18(14)13-5-4-12(21)7-15(13)22/h3-10H,1-2H3,(H,24,25). The van der Waals surface area contributed by atoms with Gasteiger partial charge in [0.15, 0.2) is 5.82 Å². The first kappa shape index (κ1) is 18.0. The first-order chi connectivity index (χ1) is 14.6. The van der Waals surface area contributed by atoms with E-state index in [1.165, 1.54) is 19.2 Å². The van der Waals surface area contributed by atoms with Gasteiger partial charge in [-0.3, -0.25) is 14.1 Å². The Morgan fingerprint density at radius 1 is 1.03 bits per heavy atom. The van der Waals surface area contributed by atoms with E-state index in [2.05, 4.69) is 25.4 Å². The van der Waals surface area contributed by atoms with Crippen LogP contribution in [0.15, 0.2) is 48.9 Å². The van der Waals surface area contributed by atoms with Crippen molar-refractivity contribution < 1.29 is 13.5 Å². The summed E-state index contributed by atoms with van der Waals surface area (Å²) in [6.45, 7) is 0. The number of fused-ring (bicyclic) bond motifs is 1. The molecule has 0 aliphatic rings. The summed E-state index contributed by atoms with van der Waals surface area (Å²) in [5, 5.41) is 15.1. The van der Waals surface area contributed by atoms with E-state index >= 15 is 0 Å². The molecule has 1 N–H and O–H groups in total.